The number of hydrogen-bond donors (Lipinski definition) is 7. The molecule has 0 saturated heterocycles. The minimum atomic E-state index is -1.55. The second kappa shape index (κ2) is 25.9. The molecule has 22 heteroatoms. The number of aryl methyl sites for hydroxylation is 1. The van der Waals surface area contributed by atoms with Crippen molar-refractivity contribution in [2.45, 2.75) is 130 Å². The molecule has 1 aliphatic heterocycles. The van der Waals surface area contributed by atoms with E-state index in [-0.39, 0.29) is 74.0 Å². The van der Waals surface area contributed by atoms with Crippen LogP contribution in [0.3, 0.4) is 0 Å². The largest absolute Gasteiger partial charge is 0.491 e. The number of amides is 7. The standard InChI is InChI=1S/C53H74N8O14/c1-30-14-17-34(37(54)26-30)44(63)59-38(20-21-55-48(67)73-51(3,4)5)46(65)61(12)42-33-16-19-41(72-25-23-57-50(69)75-53(9,10)11)36(29-33)35-27-32(15-18-40(35)71-24-22-56-49(68)74-52(6,7)8)28-39(47(66)70-13)60-43(62)31(2)58-45(42)64/h14-19,26-27,29,31,38-39,42H,20-25,28,54H2,1-13H3,(H,55,67)(H,56,68)(H,57,69)(H,58,64)(H,59,63)(H,60,62)/t31-,38-,39-,42-/m0/s1. The maximum absolute atomic E-state index is 15.0. The van der Waals surface area contributed by atoms with Gasteiger partial charge >= 0.3 is 24.2 Å². The number of methoxy groups -OCH3 is 1. The Morgan fingerprint density at radius 3 is 1.75 bits per heavy atom. The first-order valence-electron chi connectivity index (χ1n) is 24.5. The summed E-state index contributed by atoms with van der Waals surface area (Å²) in [4.78, 5) is 110. The van der Waals surface area contributed by atoms with E-state index >= 15 is 4.79 Å². The lowest BCUT2D eigenvalue weighted by Gasteiger charge is -2.33. The number of nitrogen functional groups attached to an aromatic ring is 1. The average Bonchev–Trinajstić information content (AvgIpc) is 3.29. The Kier molecular flexibility index (Phi) is 20.7. The van der Waals surface area contributed by atoms with E-state index in [9.17, 15) is 33.6 Å². The van der Waals surface area contributed by atoms with E-state index in [2.05, 4.69) is 31.9 Å². The van der Waals surface area contributed by atoms with Crippen LogP contribution in [-0.4, -0.2) is 135 Å². The number of esters is 1. The highest BCUT2D eigenvalue weighted by molar-refractivity contribution is 6.02. The molecule has 0 fully saturated rings. The van der Waals surface area contributed by atoms with E-state index in [0.717, 1.165) is 10.5 Å². The van der Waals surface area contributed by atoms with Crippen molar-refractivity contribution in [3.63, 3.8) is 0 Å². The second-order valence-corrected chi connectivity index (χ2v) is 20.8. The zero-order chi connectivity index (χ0) is 56.0. The van der Waals surface area contributed by atoms with Gasteiger partial charge in [-0.15, -0.1) is 0 Å². The average molecular weight is 1050 g/mol. The minimum absolute atomic E-state index is 0.000629. The first kappa shape index (κ1) is 59.8. The molecule has 1 heterocycles. The zero-order valence-electron chi connectivity index (χ0n) is 45.2. The lowest BCUT2D eigenvalue weighted by atomic mass is 9.93. The van der Waals surface area contributed by atoms with Crippen molar-refractivity contribution in [2.24, 2.45) is 0 Å². The Bertz CT molecular complexity index is 2570. The summed E-state index contributed by atoms with van der Waals surface area (Å²) >= 11 is 0. The van der Waals surface area contributed by atoms with Crippen molar-refractivity contribution < 1.29 is 66.8 Å². The van der Waals surface area contributed by atoms with E-state index in [1.807, 2.05) is 0 Å². The molecule has 0 aliphatic carbocycles. The van der Waals surface area contributed by atoms with Crippen molar-refractivity contribution in [1.29, 1.82) is 0 Å². The first-order chi connectivity index (χ1) is 34.9. The van der Waals surface area contributed by atoms with Crippen LogP contribution in [0.15, 0.2) is 54.6 Å². The molecule has 3 aromatic carbocycles. The summed E-state index contributed by atoms with van der Waals surface area (Å²) in [5, 5.41) is 16.0. The molecular formula is C53H74N8O14. The van der Waals surface area contributed by atoms with Crippen LogP contribution < -0.4 is 47.1 Å². The third-order valence-corrected chi connectivity index (χ3v) is 10.8. The van der Waals surface area contributed by atoms with Crippen molar-refractivity contribution in [1.82, 2.24) is 36.8 Å². The quantitative estimate of drug-likeness (QED) is 0.0431. The predicted octanol–water partition coefficient (Wildman–Crippen LogP) is 4.98. The second-order valence-electron chi connectivity index (χ2n) is 20.8. The number of nitrogens with zero attached hydrogens (tertiary/aromatic N) is 1. The molecule has 4 bridgehead atoms. The highest BCUT2D eigenvalue weighted by Gasteiger charge is 2.37. The molecule has 8 N–H and O–H groups in total. The Morgan fingerprint density at radius 2 is 1.23 bits per heavy atom. The molecule has 4 rings (SSSR count). The SMILES string of the molecule is COC(=O)[C@@H]1Cc2ccc(OCCNC(=O)OC(C)(C)C)c(c2)-c2cc(ccc2OCCNC(=O)OC(C)(C)C)[C@H](N(C)C(=O)[C@H](CCNC(=O)OC(C)(C)C)NC(=O)c2ccc(C)cc2N)C(=O)N[C@@H](C)C(=O)N1. The van der Waals surface area contributed by atoms with Gasteiger partial charge in [-0.3, -0.25) is 19.2 Å². The third kappa shape index (κ3) is 18.9. The van der Waals surface area contributed by atoms with Gasteiger partial charge in [-0.05, 0) is 136 Å². The Morgan fingerprint density at radius 1 is 0.707 bits per heavy atom. The summed E-state index contributed by atoms with van der Waals surface area (Å²) in [6, 6.07) is 9.00. The van der Waals surface area contributed by atoms with Crippen LogP contribution in [0.2, 0.25) is 0 Å². The smallest absolute Gasteiger partial charge is 0.407 e. The first-order valence-corrected chi connectivity index (χ1v) is 24.5. The van der Waals surface area contributed by atoms with Crippen molar-refractivity contribution in [3.05, 3.63) is 76.9 Å². The topological polar surface area (TPSA) is 293 Å². The van der Waals surface area contributed by atoms with E-state index in [0.29, 0.717) is 16.7 Å². The molecule has 0 aromatic heterocycles. The number of likely N-dealkylation sites (N-methyl/N-ethyl adjacent to an activating group) is 1. The maximum Gasteiger partial charge on any atom is 0.407 e. The van der Waals surface area contributed by atoms with Gasteiger partial charge in [0.25, 0.3) is 5.91 Å². The van der Waals surface area contributed by atoms with Crippen LogP contribution in [0.5, 0.6) is 11.5 Å². The summed E-state index contributed by atoms with van der Waals surface area (Å²) in [5.41, 5.74) is 6.27. The van der Waals surface area contributed by atoms with Gasteiger partial charge < -0.3 is 71.0 Å². The van der Waals surface area contributed by atoms with E-state index in [1.165, 1.54) is 33.2 Å². The molecule has 0 saturated carbocycles. The van der Waals surface area contributed by atoms with Crippen LogP contribution in [0.25, 0.3) is 11.1 Å². The fourth-order valence-electron chi connectivity index (χ4n) is 7.52. The van der Waals surface area contributed by atoms with Crippen molar-refractivity contribution >= 4 is 53.6 Å². The number of nitrogens with two attached hydrogens (primary N) is 1. The van der Waals surface area contributed by atoms with Crippen LogP contribution in [0.1, 0.15) is 109 Å². The highest BCUT2D eigenvalue weighted by Crippen LogP contribution is 2.40. The summed E-state index contributed by atoms with van der Waals surface area (Å²) < 4.78 is 33.8. The van der Waals surface area contributed by atoms with Crippen molar-refractivity contribution in [3.8, 4) is 22.6 Å². The van der Waals surface area contributed by atoms with Gasteiger partial charge in [-0.1, -0.05) is 18.2 Å². The lowest BCUT2D eigenvalue weighted by molar-refractivity contribution is -0.145. The fourth-order valence-corrected chi connectivity index (χ4v) is 7.52. The van der Waals surface area contributed by atoms with E-state index < -0.39 is 88.8 Å². The van der Waals surface area contributed by atoms with E-state index in [1.54, 1.807) is 112 Å². The van der Waals surface area contributed by atoms with Gasteiger partial charge in [0, 0.05) is 36.8 Å². The number of nitrogens with one attached hydrogen (secondary N) is 6. The summed E-state index contributed by atoms with van der Waals surface area (Å²) in [5.74, 6) is -3.41. The number of ether oxygens (including phenoxy) is 6. The van der Waals surface area contributed by atoms with Gasteiger partial charge in [-0.25, -0.2) is 19.2 Å². The van der Waals surface area contributed by atoms with Crippen LogP contribution in [0, 0.1) is 6.92 Å². The molecule has 1 aliphatic rings. The van der Waals surface area contributed by atoms with Crippen LogP contribution in [0.4, 0.5) is 20.1 Å². The van der Waals surface area contributed by atoms with Gasteiger partial charge in [0.1, 0.15) is 65.7 Å². The molecule has 7 amide bonds. The number of benzene rings is 3. The van der Waals surface area contributed by atoms with Gasteiger partial charge in [0.05, 0.1) is 25.8 Å². The molecule has 410 valence electrons. The van der Waals surface area contributed by atoms with Crippen molar-refractivity contribution in [2.75, 3.05) is 52.7 Å². The fraction of sp³-hybridized carbons (Fsp3) is 0.509. The lowest BCUT2D eigenvalue weighted by Crippen LogP contribution is -2.55. The molecule has 4 atom stereocenters. The molecule has 75 heavy (non-hydrogen) atoms. The Labute approximate surface area is 438 Å². The number of carbonyl (C=O) groups excluding carboxylic acids is 8. The number of anilines is 1. The van der Waals surface area contributed by atoms with Gasteiger partial charge in [0.2, 0.25) is 17.7 Å². The molecule has 0 spiro atoms. The van der Waals surface area contributed by atoms with E-state index in [4.69, 9.17) is 34.2 Å². The van der Waals surface area contributed by atoms with Gasteiger partial charge in [-0.2, -0.15) is 0 Å². The minimum Gasteiger partial charge on any atom is -0.491 e. The van der Waals surface area contributed by atoms with Gasteiger partial charge in [0.15, 0.2) is 0 Å². The predicted molar refractivity (Wildman–Crippen MR) is 278 cm³/mol. The number of hydrogen-bond acceptors (Lipinski definition) is 15. The number of carbonyl (C=O) groups is 8. The molecular weight excluding hydrogens is 973 g/mol. The molecule has 0 radical (unpaired) electrons. The maximum atomic E-state index is 15.0. The normalized spacial score (nSPS) is 16.3. The highest BCUT2D eigenvalue weighted by atomic mass is 16.6. The monoisotopic (exact) mass is 1050 g/mol. The third-order valence-electron chi connectivity index (χ3n) is 10.8. The molecule has 3 aromatic rings. The number of alkyl carbamates (subject to hydrolysis) is 3. The van der Waals surface area contributed by atoms with Crippen LogP contribution in [-0.2, 0) is 44.5 Å². The summed E-state index contributed by atoms with van der Waals surface area (Å²) in [7, 11) is 2.51. The Balaban J connectivity index is 1.90. The number of fused-ring (bicyclic) bond motifs is 5. The summed E-state index contributed by atoms with van der Waals surface area (Å²) in [6.45, 7) is 18.3. The molecule has 0 unspecified atom stereocenters. The molecule has 22 nitrogen and oxygen atoms in total. The summed E-state index contributed by atoms with van der Waals surface area (Å²) in [6.07, 6.45) is -2.38. The van der Waals surface area contributed by atoms with Crippen LogP contribution >= 0.6 is 0 Å². The number of rotatable bonds is 16. The Hall–Kier alpha value is -7.78. The zero-order valence-corrected chi connectivity index (χ0v) is 45.2.